The Hall–Kier alpha value is -2.16. The number of sulfonamides is 1. The molecule has 0 fully saturated rings. The highest BCUT2D eigenvalue weighted by molar-refractivity contribution is 7.92. The maximum absolute atomic E-state index is 13.5. The van der Waals surface area contributed by atoms with Crippen LogP contribution in [0.25, 0.3) is 0 Å². The summed E-state index contributed by atoms with van der Waals surface area (Å²) in [5.74, 6) is -2.02. The van der Waals surface area contributed by atoms with Gasteiger partial charge in [-0.05, 0) is 13.0 Å². The molecule has 2 aromatic rings. The highest BCUT2D eigenvalue weighted by Crippen LogP contribution is 2.23. The molecule has 1 aromatic carbocycles. The molecule has 0 amide bonds. The molecule has 0 bridgehead atoms. The van der Waals surface area contributed by atoms with Crippen molar-refractivity contribution in [2.45, 2.75) is 18.5 Å². The van der Waals surface area contributed by atoms with Crippen molar-refractivity contribution in [3.63, 3.8) is 0 Å². The standard InChI is InChI=1S/C11H12F2N4O2S/c1-2-17-5-11(15-6-17)20(18,19)16-10-4-9(14)7(12)3-8(10)13/h3-6,16H,2,14H2,1H3. The van der Waals surface area contributed by atoms with E-state index in [-0.39, 0.29) is 10.7 Å². The number of aryl methyl sites for hydroxylation is 1. The van der Waals surface area contributed by atoms with Gasteiger partial charge in [-0.25, -0.2) is 13.8 Å². The largest absolute Gasteiger partial charge is 0.396 e. The quantitative estimate of drug-likeness (QED) is 0.839. The molecule has 3 N–H and O–H groups in total. The predicted molar refractivity (Wildman–Crippen MR) is 69.5 cm³/mol. The second kappa shape index (κ2) is 5.08. The summed E-state index contributed by atoms with van der Waals surface area (Å²) >= 11 is 0. The zero-order valence-corrected chi connectivity index (χ0v) is 11.3. The highest BCUT2D eigenvalue weighted by atomic mass is 32.2. The lowest BCUT2D eigenvalue weighted by Gasteiger charge is -2.08. The molecule has 0 aliphatic carbocycles. The SMILES string of the molecule is CCn1cnc(S(=O)(=O)Nc2cc(N)c(F)cc2F)c1. The van der Waals surface area contributed by atoms with Gasteiger partial charge >= 0.3 is 0 Å². The molecule has 0 unspecified atom stereocenters. The zero-order valence-electron chi connectivity index (χ0n) is 10.5. The molecule has 0 spiro atoms. The van der Waals surface area contributed by atoms with E-state index in [0.717, 1.165) is 6.07 Å². The lowest BCUT2D eigenvalue weighted by molar-refractivity contribution is 0.584. The van der Waals surface area contributed by atoms with Crippen molar-refractivity contribution >= 4 is 21.4 Å². The number of nitrogen functional groups attached to an aromatic ring is 1. The molecule has 108 valence electrons. The van der Waals surface area contributed by atoms with E-state index < -0.39 is 27.3 Å². The Bertz CT molecular complexity index is 743. The van der Waals surface area contributed by atoms with Gasteiger partial charge in [0.15, 0.2) is 5.03 Å². The second-order valence-electron chi connectivity index (χ2n) is 4.00. The average Bonchev–Trinajstić information content (AvgIpc) is 2.85. The maximum atomic E-state index is 13.5. The van der Waals surface area contributed by atoms with Gasteiger partial charge in [0.05, 0.1) is 17.7 Å². The summed E-state index contributed by atoms with van der Waals surface area (Å²) in [5.41, 5.74) is 4.48. The molecule has 1 aromatic heterocycles. The molecule has 9 heteroatoms. The van der Waals surface area contributed by atoms with Crippen molar-refractivity contribution in [3.8, 4) is 0 Å². The molecule has 0 saturated heterocycles. The van der Waals surface area contributed by atoms with Crippen LogP contribution in [-0.2, 0) is 16.6 Å². The van der Waals surface area contributed by atoms with Gasteiger partial charge in [-0.1, -0.05) is 0 Å². The summed E-state index contributed by atoms with van der Waals surface area (Å²) in [6.07, 6.45) is 2.64. The van der Waals surface area contributed by atoms with E-state index in [2.05, 4.69) is 4.98 Å². The van der Waals surface area contributed by atoms with Gasteiger partial charge in [0.1, 0.15) is 11.6 Å². The zero-order chi connectivity index (χ0) is 14.9. The van der Waals surface area contributed by atoms with Crippen LogP contribution in [0.15, 0.2) is 29.7 Å². The Morgan fingerprint density at radius 3 is 2.65 bits per heavy atom. The van der Waals surface area contributed by atoms with E-state index in [1.165, 1.54) is 12.5 Å². The van der Waals surface area contributed by atoms with Crippen LogP contribution >= 0.6 is 0 Å². The molecular weight excluding hydrogens is 290 g/mol. The summed E-state index contributed by atoms with van der Waals surface area (Å²) in [4.78, 5) is 3.71. The van der Waals surface area contributed by atoms with E-state index in [1.54, 1.807) is 4.57 Å². The van der Waals surface area contributed by atoms with Crippen LogP contribution < -0.4 is 10.5 Å². The Balaban J connectivity index is 2.35. The van der Waals surface area contributed by atoms with Crippen molar-refractivity contribution in [1.82, 2.24) is 9.55 Å². The summed E-state index contributed by atoms with van der Waals surface area (Å²) in [6.45, 7) is 2.35. The Labute approximate surface area is 114 Å². The van der Waals surface area contributed by atoms with Crippen molar-refractivity contribution in [1.29, 1.82) is 0 Å². The van der Waals surface area contributed by atoms with Gasteiger partial charge in [-0.3, -0.25) is 4.72 Å². The van der Waals surface area contributed by atoms with E-state index >= 15 is 0 Å². The minimum absolute atomic E-state index is 0.262. The van der Waals surface area contributed by atoms with E-state index in [0.29, 0.717) is 12.6 Å². The monoisotopic (exact) mass is 302 g/mol. The van der Waals surface area contributed by atoms with E-state index in [4.69, 9.17) is 5.73 Å². The Morgan fingerprint density at radius 2 is 2.05 bits per heavy atom. The molecule has 0 aliphatic heterocycles. The summed E-state index contributed by atoms with van der Waals surface area (Å²) in [7, 11) is -4.05. The highest BCUT2D eigenvalue weighted by Gasteiger charge is 2.20. The topological polar surface area (TPSA) is 90.0 Å². The Kier molecular flexibility index (Phi) is 3.62. The molecule has 0 aliphatic rings. The third kappa shape index (κ3) is 2.72. The molecule has 0 atom stereocenters. The van der Waals surface area contributed by atoms with E-state index in [9.17, 15) is 17.2 Å². The van der Waals surface area contributed by atoms with Crippen LogP contribution in [0.2, 0.25) is 0 Å². The first-order chi connectivity index (χ1) is 9.33. The summed E-state index contributed by atoms with van der Waals surface area (Å²) in [6, 6.07) is 1.39. The number of imidazole rings is 1. The minimum atomic E-state index is -4.05. The number of rotatable bonds is 4. The third-order valence-electron chi connectivity index (χ3n) is 2.58. The van der Waals surface area contributed by atoms with Gasteiger partial charge in [0, 0.05) is 18.8 Å². The van der Waals surface area contributed by atoms with E-state index in [1.807, 2.05) is 11.6 Å². The van der Waals surface area contributed by atoms with Crippen molar-refractivity contribution < 1.29 is 17.2 Å². The number of aromatic nitrogens is 2. The lowest BCUT2D eigenvalue weighted by Crippen LogP contribution is -2.15. The minimum Gasteiger partial charge on any atom is -0.396 e. The van der Waals surface area contributed by atoms with Crippen LogP contribution in [0, 0.1) is 11.6 Å². The number of nitrogens with one attached hydrogen (secondary N) is 1. The maximum Gasteiger partial charge on any atom is 0.281 e. The normalized spacial score (nSPS) is 11.6. The van der Waals surface area contributed by atoms with Gasteiger partial charge in [0.2, 0.25) is 0 Å². The molecule has 2 rings (SSSR count). The summed E-state index contributed by atoms with van der Waals surface area (Å²) in [5, 5.41) is -0.262. The number of nitrogens with two attached hydrogens (primary N) is 1. The number of anilines is 2. The first-order valence-corrected chi connectivity index (χ1v) is 7.11. The average molecular weight is 302 g/mol. The molecule has 0 saturated carbocycles. The van der Waals surface area contributed by atoms with Gasteiger partial charge in [0.25, 0.3) is 10.0 Å². The second-order valence-corrected chi connectivity index (χ2v) is 5.63. The number of halogens is 2. The van der Waals surface area contributed by atoms with Gasteiger partial charge < -0.3 is 10.3 Å². The molecule has 20 heavy (non-hydrogen) atoms. The first kappa shape index (κ1) is 14.3. The fourth-order valence-electron chi connectivity index (χ4n) is 1.49. The van der Waals surface area contributed by atoms with Crippen molar-refractivity contribution in [2.24, 2.45) is 0 Å². The lowest BCUT2D eigenvalue weighted by atomic mass is 10.2. The number of hydrogen-bond donors (Lipinski definition) is 2. The molecule has 6 nitrogen and oxygen atoms in total. The van der Waals surface area contributed by atoms with Crippen LogP contribution in [-0.4, -0.2) is 18.0 Å². The van der Waals surface area contributed by atoms with Crippen LogP contribution in [0.5, 0.6) is 0 Å². The third-order valence-corrected chi connectivity index (χ3v) is 3.83. The fourth-order valence-corrected chi connectivity index (χ4v) is 2.50. The number of hydrogen-bond acceptors (Lipinski definition) is 4. The van der Waals surface area contributed by atoms with Gasteiger partial charge in [-0.15, -0.1) is 0 Å². The van der Waals surface area contributed by atoms with Crippen LogP contribution in [0.4, 0.5) is 20.2 Å². The molecular formula is C11H12F2N4O2S. The molecule has 1 heterocycles. The summed E-state index contributed by atoms with van der Waals surface area (Å²) < 4.78 is 54.0. The van der Waals surface area contributed by atoms with Crippen LogP contribution in [0.3, 0.4) is 0 Å². The smallest absolute Gasteiger partial charge is 0.281 e. The van der Waals surface area contributed by atoms with Crippen LogP contribution in [0.1, 0.15) is 6.92 Å². The van der Waals surface area contributed by atoms with Crippen molar-refractivity contribution in [3.05, 3.63) is 36.3 Å². The predicted octanol–water partition coefficient (Wildman–Crippen LogP) is 1.56. The number of nitrogens with zero attached hydrogens (tertiary/aromatic N) is 2. The van der Waals surface area contributed by atoms with Crippen molar-refractivity contribution in [2.75, 3.05) is 10.5 Å². The first-order valence-electron chi connectivity index (χ1n) is 5.62. The fraction of sp³-hybridized carbons (Fsp3) is 0.182. The van der Waals surface area contributed by atoms with Gasteiger partial charge in [-0.2, -0.15) is 8.42 Å². The molecule has 0 radical (unpaired) electrons. The Morgan fingerprint density at radius 1 is 1.35 bits per heavy atom. The number of benzene rings is 1.